The van der Waals surface area contributed by atoms with Gasteiger partial charge >= 0.3 is 0 Å². The molecular formula is C10H11BrN2O. The highest BCUT2D eigenvalue weighted by Crippen LogP contribution is 2.29. The van der Waals surface area contributed by atoms with Crippen LogP contribution in [0.25, 0.3) is 0 Å². The Hall–Kier alpha value is -0.900. The van der Waals surface area contributed by atoms with Crippen molar-refractivity contribution in [2.75, 3.05) is 5.32 Å². The third kappa shape index (κ3) is 1.80. The minimum atomic E-state index is 0.197. The number of Topliss-reactive ketones (excluding diaryl/α,β-unsaturated/α-hetero) is 1. The van der Waals surface area contributed by atoms with Crippen LogP contribution in [0.1, 0.15) is 18.9 Å². The van der Waals surface area contributed by atoms with Crippen LogP contribution in [0.3, 0.4) is 0 Å². The van der Waals surface area contributed by atoms with Crippen LogP contribution in [-0.4, -0.2) is 16.8 Å². The van der Waals surface area contributed by atoms with Crippen molar-refractivity contribution >= 4 is 27.4 Å². The summed E-state index contributed by atoms with van der Waals surface area (Å²) >= 11 is 3.43. The van der Waals surface area contributed by atoms with Gasteiger partial charge < -0.3 is 5.32 Å². The van der Waals surface area contributed by atoms with Crippen LogP contribution >= 0.6 is 15.9 Å². The molecule has 1 aromatic heterocycles. The lowest BCUT2D eigenvalue weighted by molar-refractivity contribution is -0.118. The molecule has 4 heteroatoms. The number of ketones is 1. The standard InChI is InChI=1S/C10H11BrN2O/c1-6-2-8(14)3-7-4-12-5-9(11)10(7)13-6/h4-6,13H,2-3H2,1H3/t6-/m1/s1. The summed E-state index contributed by atoms with van der Waals surface area (Å²) in [6, 6.07) is 0.197. The third-order valence-electron chi connectivity index (χ3n) is 2.29. The molecule has 0 aromatic carbocycles. The van der Waals surface area contributed by atoms with Gasteiger partial charge in [-0.1, -0.05) is 0 Å². The van der Waals surface area contributed by atoms with Crippen LogP contribution < -0.4 is 5.32 Å². The molecule has 1 aliphatic heterocycles. The number of carbonyl (C=O) groups excluding carboxylic acids is 1. The molecule has 0 amide bonds. The maximum absolute atomic E-state index is 11.5. The van der Waals surface area contributed by atoms with E-state index in [1.807, 2.05) is 6.92 Å². The van der Waals surface area contributed by atoms with Crippen molar-refractivity contribution in [3.63, 3.8) is 0 Å². The second-order valence-corrected chi connectivity index (χ2v) is 4.47. The predicted octanol–water partition coefficient (Wildman–Crippen LogP) is 2.16. The topological polar surface area (TPSA) is 42.0 Å². The van der Waals surface area contributed by atoms with Gasteiger partial charge in [-0.3, -0.25) is 9.78 Å². The molecule has 1 N–H and O–H groups in total. The molecule has 0 aliphatic carbocycles. The summed E-state index contributed by atoms with van der Waals surface area (Å²) in [7, 11) is 0. The summed E-state index contributed by atoms with van der Waals surface area (Å²) in [4.78, 5) is 15.5. The Labute approximate surface area is 91.0 Å². The first kappa shape index (κ1) is 9.65. The summed E-state index contributed by atoms with van der Waals surface area (Å²) in [5.74, 6) is 0.267. The number of fused-ring (bicyclic) bond motifs is 1. The lowest BCUT2D eigenvalue weighted by Gasteiger charge is -2.13. The minimum absolute atomic E-state index is 0.197. The van der Waals surface area contributed by atoms with Gasteiger partial charge in [-0.25, -0.2) is 0 Å². The molecular weight excluding hydrogens is 244 g/mol. The van der Waals surface area contributed by atoms with Crippen molar-refractivity contribution in [3.8, 4) is 0 Å². The van der Waals surface area contributed by atoms with Crippen molar-refractivity contribution in [2.45, 2.75) is 25.8 Å². The first-order valence-electron chi connectivity index (χ1n) is 4.57. The molecule has 2 heterocycles. The number of aromatic nitrogens is 1. The lowest BCUT2D eigenvalue weighted by atomic mass is 10.1. The van der Waals surface area contributed by atoms with E-state index >= 15 is 0 Å². The minimum Gasteiger partial charge on any atom is -0.381 e. The van der Waals surface area contributed by atoms with Gasteiger partial charge in [-0.05, 0) is 22.9 Å². The van der Waals surface area contributed by atoms with E-state index in [-0.39, 0.29) is 11.8 Å². The second-order valence-electron chi connectivity index (χ2n) is 3.62. The molecule has 0 spiro atoms. The molecule has 0 fully saturated rings. The number of halogens is 1. The maximum atomic E-state index is 11.5. The molecule has 0 saturated heterocycles. The first-order chi connectivity index (χ1) is 6.66. The summed E-state index contributed by atoms with van der Waals surface area (Å²) < 4.78 is 0.927. The Bertz CT molecular complexity index is 378. The zero-order chi connectivity index (χ0) is 10.1. The predicted molar refractivity (Wildman–Crippen MR) is 58.3 cm³/mol. The van der Waals surface area contributed by atoms with E-state index in [0.717, 1.165) is 15.7 Å². The van der Waals surface area contributed by atoms with Crippen LogP contribution in [0.5, 0.6) is 0 Å². The highest BCUT2D eigenvalue weighted by atomic mass is 79.9. The van der Waals surface area contributed by atoms with Crippen molar-refractivity contribution in [1.29, 1.82) is 0 Å². The monoisotopic (exact) mass is 254 g/mol. The normalized spacial score (nSPS) is 21.0. The van der Waals surface area contributed by atoms with E-state index in [1.165, 1.54) is 0 Å². The molecule has 3 nitrogen and oxygen atoms in total. The molecule has 0 saturated carbocycles. The summed E-state index contributed by atoms with van der Waals surface area (Å²) in [5, 5.41) is 3.31. The average Bonchev–Trinajstić information content (AvgIpc) is 2.23. The van der Waals surface area contributed by atoms with E-state index in [0.29, 0.717) is 12.8 Å². The Balaban J connectivity index is 2.46. The Morgan fingerprint density at radius 2 is 2.36 bits per heavy atom. The fraction of sp³-hybridized carbons (Fsp3) is 0.400. The fourth-order valence-corrected chi connectivity index (χ4v) is 2.18. The van der Waals surface area contributed by atoms with E-state index in [9.17, 15) is 4.79 Å². The molecule has 74 valence electrons. The highest BCUT2D eigenvalue weighted by molar-refractivity contribution is 9.10. The van der Waals surface area contributed by atoms with Gasteiger partial charge in [-0.15, -0.1) is 0 Å². The quantitative estimate of drug-likeness (QED) is 0.772. The van der Waals surface area contributed by atoms with Crippen molar-refractivity contribution in [3.05, 3.63) is 22.4 Å². The van der Waals surface area contributed by atoms with E-state index in [4.69, 9.17) is 0 Å². The third-order valence-corrected chi connectivity index (χ3v) is 2.89. The van der Waals surface area contributed by atoms with E-state index < -0.39 is 0 Å². The van der Waals surface area contributed by atoms with Crippen molar-refractivity contribution in [2.24, 2.45) is 0 Å². The van der Waals surface area contributed by atoms with Crippen molar-refractivity contribution < 1.29 is 4.79 Å². The van der Waals surface area contributed by atoms with Crippen LogP contribution in [-0.2, 0) is 11.2 Å². The zero-order valence-corrected chi connectivity index (χ0v) is 9.47. The Morgan fingerprint density at radius 1 is 1.57 bits per heavy atom. The zero-order valence-electron chi connectivity index (χ0n) is 7.88. The number of nitrogens with one attached hydrogen (secondary N) is 1. The number of hydrogen-bond acceptors (Lipinski definition) is 3. The number of nitrogens with zero attached hydrogens (tertiary/aromatic N) is 1. The van der Waals surface area contributed by atoms with Gasteiger partial charge in [0.25, 0.3) is 0 Å². The van der Waals surface area contributed by atoms with Gasteiger partial charge in [0.05, 0.1) is 10.2 Å². The SMILES string of the molecule is C[C@@H]1CC(=O)Cc2cncc(Br)c2N1. The highest BCUT2D eigenvalue weighted by Gasteiger charge is 2.19. The van der Waals surface area contributed by atoms with E-state index in [2.05, 4.69) is 26.2 Å². The molecule has 0 bridgehead atoms. The largest absolute Gasteiger partial charge is 0.381 e. The van der Waals surface area contributed by atoms with Crippen LogP contribution in [0.4, 0.5) is 5.69 Å². The van der Waals surface area contributed by atoms with Crippen LogP contribution in [0.2, 0.25) is 0 Å². The van der Waals surface area contributed by atoms with Gasteiger partial charge in [0.1, 0.15) is 5.78 Å². The molecule has 1 aromatic rings. The van der Waals surface area contributed by atoms with Gasteiger partial charge in [0, 0.05) is 36.8 Å². The number of anilines is 1. The summed E-state index contributed by atoms with van der Waals surface area (Å²) in [5.41, 5.74) is 1.99. The van der Waals surface area contributed by atoms with Crippen molar-refractivity contribution in [1.82, 2.24) is 4.98 Å². The summed E-state index contributed by atoms with van der Waals surface area (Å²) in [6.07, 6.45) is 4.57. The number of hydrogen-bond donors (Lipinski definition) is 1. The first-order valence-corrected chi connectivity index (χ1v) is 5.36. The number of carbonyl (C=O) groups is 1. The Kier molecular flexibility index (Phi) is 2.54. The fourth-order valence-electron chi connectivity index (χ4n) is 1.69. The molecule has 2 rings (SSSR count). The second kappa shape index (κ2) is 3.69. The lowest BCUT2D eigenvalue weighted by Crippen LogP contribution is -2.16. The van der Waals surface area contributed by atoms with Gasteiger partial charge in [0.2, 0.25) is 0 Å². The smallest absolute Gasteiger partial charge is 0.139 e. The molecule has 1 aliphatic rings. The molecule has 1 atom stereocenters. The van der Waals surface area contributed by atoms with Crippen LogP contribution in [0, 0.1) is 0 Å². The average molecular weight is 255 g/mol. The maximum Gasteiger partial charge on any atom is 0.139 e. The molecule has 0 radical (unpaired) electrons. The molecule has 14 heavy (non-hydrogen) atoms. The number of pyridine rings is 1. The Morgan fingerprint density at radius 3 is 3.14 bits per heavy atom. The summed E-state index contributed by atoms with van der Waals surface area (Å²) in [6.45, 7) is 2.01. The van der Waals surface area contributed by atoms with Gasteiger partial charge in [-0.2, -0.15) is 0 Å². The van der Waals surface area contributed by atoms with Crippen LogP contribution in [0.15, 0.2) is 16.9 Å². The van der Waals surface area contributed by atoms with E-state index in [1.54, 1.807) is 12.4 Å². The van der Waals surface area contributed by atoms with Gasteiger partial charge in [0.15, 0.2) is 0 Å². The molecule has 0 unspecified atom stereocenters. The number of rotatable bonds is 0.